The van der Waals surface area contributed by atoms with Crippen LogP contribution in [0.1, 0.15) is 34.1 Å². The number of ether oxygens (including phenoxy) is 1. The van der Waals surface area contributed by atoms with Gasteiger partial charge in [-0.3, -0.25) is 9.69 Å². The smallest absolute Gasteiger partial charge is 0.321 e. The van der Waals surface area contributed by atoms with Crippen molar-refractivity contribution >= 4 is 17.6 Å². The lowest BCUT2D eigenvalue weighted by molar-refractivity contribution is -0.123. The van der Waals surface area contributed by atoms with Gasteiger partial charge in [0.15, 0.2) is 0 Å². The number of nitrogens with zero attached hydrogens (tertiary/aromatic N) is 2. The molecule has 2 N–H and O–H groups in total. The Hall–Kier alpha value is -2.28. The molecule has 1 heterocycles. The van der Waals surface area contributed by atoms with Crippen LogP contribution in [0.4, 0.5) is 10.5 Å². The number of rotatable bonds is 7. The summed E-state index contributed by atoms with van der Waals surface area (Å²) in [4.78, 5) is 28.3. The van der Waals surface area contributed by atoms with Crippen LogP contribution in [0, 0.1) is 0 Å². The molecule has 150 valence electrons. The predicted molar refractivity (Wildman–Crippen MR) is 107 cm³/mol. The van der Waals surface area contributed by atoms with Crippen molar-refractivity contribution in [3.05, 3.63) is 24.3 Å². The number of carbonyl (C=O) groups excluding carboxylic acids is 2. The number of piperazine rings is 1. The van der Waals surface area contributed by atoms with E-state index in [9.17, 15) is 9.59 Å². The lowest BCUT2D eigenvalue weighted by atomic mass is 10.2. The van der Waals surface area contributed by atoms with Crippen molar-refractivity contribution in [3.63, 3.8) is 0 Å². The molecule has 7 nitrogen and oxygen atoms in total. The van der Waals surface area contributed by atoms with Crippen LogP contribution in [-0.4, -0.2) is 66.6 Å². The first kappa shape index (κ1) is 21.0. The monoisotopic (exact) mass is 376 g/mol. The fourth-order valence-corrected chi connectivity index (χ4v) is 2.83. The van der Waals surface area contributed by atoms with E-state index in [1.807, 2.05) is 52.0 Å². The van der Waals surface area contributed by atoms with Crippen LogP contribution in [0.25, 0.3) is 0 Å². The molecule has 0 aromatic heterocycles. The Labute approximate surface area is 162 Å². The summed E-state index contributed by atoms with van der Waals surface area (Å²) in [6.45, 7) is 11.0. The highest BCUT2D eigenvalue weighted by molar-refractivity contribution is 5.89. The Morgan fingerprint density at radius 3 is 2.26 bits per heavy atom. The van der Waals surface area contributed by atoms with Gasteiger partial charge >= 0.3 is 6.03 Å². The van der Waals surface area contributed by atoms with Crippen LogP contribution < -0.4 is 15.4 Å². The fraction of sp³-hybridized carbons (Fsp3) is 0.600. The molecular weight excluding hydrogens is 344 g/mol. The van der Waals surface area contributed by atoms with E-state index in [0.717, 1.165) is 17.9 Å². The maximum Gasteiger partial charge on any atom is 0.321 e. The van der Waals surface area contributed by atoms with E-state index in [4.69, 9.17) is 4.74 Å². The normalized spacial score (nSPS) is 16.1. The van der Waals surface area contributed by atoms with Crippen LogP contribution in [0.5, 0.6) is 5.75 Å². The zero-order valence-corrected chi connectivity index (χ0v) is 16.8. The second-order valence-electron chi connectivity index (χ2n) is 7.26. The molecule has 0 bridgehead atoms. The maximum absolute atomic E-state index is 12.4. The largest absolute Gasteiger partial charge is 0.491 e. The average molecular weight is 377 g/mol. The Bertz CT molecular complexity index is 610. The molecule has 3 amide bonds. The molecule has 1 aliphatic heterocycles. The molecule has 7 heteroatoms. The maximum atomic E-state index is 12.4. The first-order valence-corrected chi connectivity index (χ1v) is 9.71. The summed E-state index contributed by atoms with van der Waals surface area (Å²) in [5.41, 5.74) is 0.742. The highest BCUT2D eigenvalue weighted by Gasteiger charge is 2.22. The first-order valence-electron chi connectivity index (χ1n) is 9.71. The second kappa shape index (κ2) is 10.2. The number of anilines is 1. The quantitative estimate of drug-likeness (QED) is 0.767. The number of urea groups is 1. The Morgan fingerprint density at radius 2 is 1.70 bits per heavy atom. The zero-order valence-electron chi connectivity index (χ0n) is 16.8. The molecular formula is C20H32N4O3. The summed E-state index contributed by atoms with van der Waals surface area (Å²) in [6, 6.07) is 7.46. The third-order valence-corrected chi connectivity index (χ3v) is 4.52. The molecule has 1 atom stereocenters. The summed E-state index contributed by atoms with van der Waals surface area (Å²) in [7, 11) is 0. The van der Waals surface area contributed by atoms with Crippen LogP contribution in [-0.2, 0) is 4.79 Å². The van der Waals surface area contributed by atoms with Crippen molar-refractivity contribution in [3.8, 4) is 5.75 Å². The van der Waals surface area contributed by atoms with E-state index < -0.39 is 0 Å². The van der Waals surface area contributed by atoms with Gasteiger partial charge in [0, 0.05) is 37.9 Å². The lowest BCUT2D eigenvalue weighted by Gasteiger charge is -2.34. The van der Waals surface area contributed by atoms with Gasteiger partial charge in [-0.05, 0) is 51.5 Å². The number of hydrogen-bond acceptors (Lipinski definition) is 4. The number of hydrogen-bond donors (Lipinski definition) is 2. The minimum Gasteiger partial charge on any atom is -0.491 e. The molecule has 0 spiro atoms. The van der Waals surface area contributed by atoms with Crippen molar-refractivity contribution in [1.82, 2.24) is 15.1 Å². The SMILES string of the molecule is CCC(C)NC(=O)CN1CCN(C(=O)Nc2ccc(OC(C)C)cc2)CC1. The van der Waals surface area contributed by atoms with E-state index >= 15 is 0 Å². The van der Waals surface area contributed by atoms with E-state index in [0.29, 0.717) is 32.7 Å². The van der Waals surface area contributed by atoms with Gasteiger partial charge in [0.2, 0.25) is 5.91 Å². The molecule has 1 saturated heterocycles. The van der Waals surface area contributed by atoms with E-state index in [1.54, 1.807) is 4.90 Å². The summed E-state index contributed by atoms with van der Waals surface area (Å²) in [5.74, 6) is 0.832. The molecule has 1 fully saturated rings. The van der Waals surface area contributed by atoms with Crippen LogP contribution in [0.2, 0.25) is 0 Å². The zero-order chi connectivity index (χ0) is 19.8. The van der Waals surface area contributed by atoms with Gasteiger partial charge in [-0.1, -0.05) is 6.92 Å². The first-order chi connectivity index (χ1) is 12.9. The summed E-state index contributed by atoms with van der Waals surface area (Å²) in [6.07, 6.45) is 1.04. The molecule has 2 rings (SSSR count). The molecule has 1 aliphatic rings. The summed E-state index contributed by atoms with van der Waals surface area (Å²) in [5, 5.41) is 5.89. The van der Waals surface area contributed by atoms with Gasteiger partial charge in [-0.25, -0.2) is 4.79 Å². The molecule has 0 aliphatic carbocycles. The molecule has 0 saturated carbocycles. The summed E-state index contributed by atoms with van der Waals surface area (Å²) >= 11 is 0. The third kappa shape index (κ3) is 7.09. The minimum atomic E-state index is -0.115. The average Bonchev–Trinajstić information content (AvgIpc) is 2.63. The molecule has 1 aromatic rings. The van der Waals surface area contributed by atoms with Gasteiger partial charge in [0.05, 0.1) is 12.6 Å². The molecule has 1 unspecified atom stereocenters. The highest BCUT2D eigenvalue weighted by Crippen LogP contribution is 2.17. The molecule has 27 heavy (non-hydrogen) atoms. The third-order valence-electron chi connectivity index (χ3n) is 4.52. The van der Waals surface area contributed by atoms with E-state index in [-0.39, 0.29) is 24.1 Å². The van der Waals surface area contributed by atoms with E-state index in [2.05, 4.69) is 15.5 Å². The van der Waals surface area contributed by atoms with Crippen LogP contribution >= 0.6 is 0 Å². The second-order valence-corrected chi connectivity index (χ2v) is 7.26. The van der Waals surface area contributed by atoms with Gasteiger partial charge in [0.25, 0.3) is 0 Å². The standard InChI is InChI=1S/C20H32N4O3/c1-5-16(4)21-19(25)14-23-10-12-24(13-11-23)20(26)22-17-6-8-18(9-7-17)27-15(2)3/h6-9,15-16H,5,10-14H2,1-4H3,(H,21,25)(H,22,26). The number of nitrogens with one attached hydrogen (secondary N) is 2. The molecule has 0 radical (unpaired) electrons. The van der Waals surface area contributed by atoms with Crippen LogP contribution in [0.15, 0.2) is 24.3 Å². The topological polar surface area (TPSA) is 73.9 Å². The predicted octanol–water partition coefficient (Wildman–Crippen LogP) is 2.54. The van der Waals surface area contributed by atoms with Gasteiger partial charge in [-0.15, -0.1) is 0 Å². The molecule has 1 aromatic carbocycles. The van der Waals surface area contributed by atoms with E-state index in [1.165, 1.54) is 0 Å². The number of amides is 3. The Balaban J connectivity index is 1.75. The van der Waals surface area contributed by atoms with Crippen molar-refractivity contribution in [2.24, 2.45) is 0 Å². The van der Waals surface area contributed by atoms with Crippen molar-refractivity contribution in [1.29, 1.82) is 0 Å². The van der Waals surface area contributed by atoms with Crippen LogP contribution in [0.3, 0.4) is 0 Å². The van der Waals surface area contributed by atoms with Gasteiger partial charge in [-0.2, -0.15) is 0 Å². The van der Waals surface area contributed by atoms with Gasteiger partial charge in [0.1, 0.15) is 5.75 Å². The van der Waals surface area contributed by atoms with Crippen molar-refractivity contribution in [2.75, 3.05) is 38.0 Å². The van der Waals surface area contributed by atoms with Crippen molar-refractivity contribution < 1.29 is 14.3 Å². The number of benzene rings is 1. The fourth-order valence-electron chi connectivity index (χ4n) is 2.83. The van der Waals surface area contributed by atoms with Crippen molar-refractivity contribution in [2.45, 2.75) is 46.3 Å². The lowest BCUT2D eigenvalue weighted by Crippen LogP contribution is -2.52. The highest BCUT2D eigenvalue weighted by atomic mass is 16.5. The minimum absolute atomic E-state index is 0.0472. The van der Waals surface area contributed by atoms with Gasteiger partial charge < -0.3 is 20.3 Å². The number of carbonyl (C=O) groups is 2. The Morgan fingerprint density at radius 1 is 1.07 bits per heavy atom. The summed E-state index contributed by atoms with van der Waals surface area (Å²) < 4.78 is 5.60. The Kier molecular flexibility index (Phi) is 7.91.